The topological polar surface area (TPSA) is 29.5 Å². The molecule has 0 aromatic rings. The predicted molar refractivity (Wildman–Crippen MR) is 103 cm³/mol. The minimum absolute atomic E-state index is 0.164. The van der Waals surface area contributed by atoms with E-state index >= 15 is 0 Å². The van der Waals surface area contributed by atoms with Crippen LogP contribution in [-0.2, 0) is 9.53 Å². The van der Waals surface area contributed by atoms with Crippen LogP contribution in [0.5, 0.6) is 0 Å². The first-order valence-electron chi connectivity index (χ1n) is 11.1. The van der Waals surface area contributed by atoms with Gasteiger partial charge in [-0.05, 0) is 85.4 Å². The second kappa shape index (κ2) is 5.49. The van der Waals surface area contributed by atoms with Gasteiger partial charge in [0.2, 0.25) is 5.91 Å². The van der Waals surface area contributed by atoms with Crippen molar-refractivity contribution in [2.75, 3.05) is 20.2 Å². The number of likely N-dealkylation sites (tertiary alicyclic amines) is 1. The number of carbonyl (C=O) groups excluding carboxylic acids is 1. The highest BCUT2D eigenvalue weighted by atomic mass is 16.5. The number of fused-ring (bicyclic) bond motifs is 2. The lowest BCUT2D eigenvalue weighted by Crippen LogP contribution is -2.57. The highest BCUT2D eigenvalue weighted by molar-refractivity contribution is 5.77. The molecule has 4 atom stereocenters. The predicted octanol–water partition coefficient (Wildman–Crippen LogP) is 4.50. The Morgan fingerprint density at radius 2 is 1.81 bits per heavy atom. The number of nitrogens with zero attached hydrogens (tertiary/aromatic N) is 1. The van der Waals surface area contributed by atoms with Gasteiger partial charge in [-0.1, -0.05) is 20.8 Å². The summed E-state index contributed by atoms with van der Waals surface area (Å²) >= 11 is 0. The summed E-state index contributed by atoms with van der Waals surface area (Å²) in [6.07, 6.45) is 9.81. The van der Waals surface area contributed by atoms with Gasteiger partial charge in [0.25, 0.3) is 0 Å². The Balaban J connectivity index is 1.29. The highest BCUT2D eigenvalue weighted by Crippen LogP contribution is 2.61. The Morgan fingerprint density at radius 3 is 2.42 bits per heavy atom. The van der Waals surface area contributed by atoms with Gasteiger partial charge in [0.1, 0.15) is 0 Å². The molecule has 3 nitrogen and oxygen atoms in total. The van der Waals surface area contributed by atoms with E-state index in [0.29, 0.717) is 28.6 Å². The summed E-state index contributed by atoms with van der Waals surface area (Å²) in [5.74, 6) is 4.12. The summed E-state index contributed by atoms with van der Waals surface area (Å²) in [4.78, 5) is 15.6. The minimum Gasteiger partial charge on any atom is -0.378 e. The van der Waals surface area contributed by atoms with Gasteiger partial charge in [-0.3, -0.25) is 4.79 Å². The Hall–Kier alpha value is -0.570. The van der Waals surface area contributed by atoms with E-state index in [0.717, 1.165) is 37.3 Å². The van der Waals surface area contributed by atoms with Gasteiger partial charge in [0.15, 0.2) is 0 Å². The maximum atomic E-state index is 13.3. The van der Waals surface area contributed by atoms with Crippen molar-refractivity contribution in [1.29, 1.82) is 0 Å². The third-order valence-corrected chi connectivity index (χ3v) is 10.2. The van der Waals surface area contributed by atoms with Crippen LogP contribution in [-0.4, -0.2) is 36.6 Å². The summed E-state index contributed by atoms with van der Waals surface area (Å²) in [5.41, 5.74) is 0.866. The standard InChI is InChI=1S/C23H37NO2/c1-21(2)18-5-6-22(21,3)14-24(13-18)20(25)9-19-16-7-15-8-17(19)12-23(10-15,11-16)26-4/h15-19H,5-14H2,1-4H3/t15?,16?,17?,18?,19?,22-,23?/m1/s1. The van der Waals surface area contributed by atoms with Crippen molar-refractivity contribution >= 4 is 5.91 Å². The van der Waals surface area contributed by atoms with E-state index in [1.165, 1.54) is 44.9 Å². The van der Waals surface area contributed by atoms with Crippen LogP contribution in [0.15, 0.2) is 0 Å². The Labute approximate surface area is 159 Å². The number of piperidine rings is 1. The van der Waals surface area contributed by atoms with Gasteiger partial charge >= 0.3 is 0 Å². The summed E-state index contributed by atoms with van der Waals surface area (Å²) in [6, 6.07) is 0. The highest BCUT2D eigenvalue weighted by Gasteiger charge is 2.58. The molecule has 0 radical (unpaired) electrons. The van der Waals surface area contributed by atoms with Crippen LogP contribution in [0.4, 0.5) is 0 Å². The Morgan fingerprint density at radius 1 is 1.12 bits per heavy atom. The average molecular weight is 360 g/mol. The Bertz CT molecular complexity index is 597. The molecular weight excluding hydrogens is 322 g/mol. The molecule has 0 aromatic carbocycles. The molecule has 0 aromatic heterocycles. The molecule has 6 aliphatic rings. The largest absolute Gasteiger partial charge is 0.378 e. The second-order valence-corrected chi connectivity index (χ2v) is 11.5. The van der Waals surface area contributed by atoms with Gasteiger partial charge in [0, 0.05) is 26.6 Å². The second-order valence-electron chi connectivity index (χ2n) is 11.5. The van der Waals surface area contributed by atoms with Crippen LogP contribution in [0.2, 0.25) is 0 Å². The zero-order chi connectivity index (χ0) is 18.3. The minimum atomic E-state index is 0.164. The molecule has 146 valence electrons. The molecule has 6 bridgehead atoms. The summed E-state index contributed by atoms with van der Waals surface area (Å²) in [7, 11) is 1.92. The molecule has 6 fully saturated rings. The normalized spacial score (nSPS) is 51.1. The molecular formula is C23H37NO2. The fourth-order valence-corrected chi connectivity index (χ4v) is 8.18. The molecule has 0 N–H and O–H groups in total. The van der Waals surface area contributed by atoms with Crippen molar-refractivity contribution in [3.8, 4) is 0 Å². The molecule has 6 rings (SSSR count). The van der Waals surface area contributed by atoms with Crippen LogP contribution >= 0.6 is 0 Å². The molecule has 0 spiro atoms. The number of carbonyl (C=O) groups is 1. The van der Waals surface area contributed by atoms with Crippen molar-refractivity contribution in [2.45, 2.75) is 77.7 Å². The first kappa shape index (κ1) is 17.5. The number of rotatable bonds is 3. The van der Waals surface area contributed by atoms with Crippen molar-refractivity contribution < 1.29 is 9.53 Å². The van der Waals surface area contributed by atoms with E-state index in [2.05, 4.69) is 25.7 Å². The molecule has 1 heterocycles. The summed E-state index contributed by atoms with van der Waals surface area (Å²) in [6.45, 7) is 9.30. The van der Waals surface area contributed by atoms with Crippen molar-refractivity contribution in [3.05, 3.63) is 0 Å². The summed E-state index contributed by atoms with van der Waals surface area (Å²) in [5, 5.41) is 0. The number of methoxy groups -OCH3 is 1. The fourth-order valence-electron chi connectivity index (χ4n) is 8.18. The van der Waals surface area contributed by atoms with Gasteiger partial charge in [0.05, 0.1) is 5.60 Å². The smallest absolute Gasteiger partial charge is 0.222 e. The van der Waals surface area contributed by atoms with Gasteiger partial charge in [-0.2, -0.15) is 0 Å². The molecule has 1 saturated heterocycles. The van der Waals surface area contributed by atoms with Crippen LogP contribution in [0.1, 0.15) is 72.1 Å². The van der Waals surface area contributed by atoms with Crippen molar-refractivity contribution in [2.24, 2.45) is 40.4 Å². The zero-order valence-corrected chi connectivity index (χ0v) is 17.2. The van der Waals surface area contributed by atoms with Crippen LogP contribution in [0.3, 0.4) is 0 Å². The molecule has 5 aliphatic carbocycles. The maximum absolute atomic E-state index is 13.3. The van der Waals surface area contributed by atoms with E-state index in [1.807, 2.05) is 7.11 Å². The van der Waals surface area contributed by atoms with E-state index < -0.39 is 0 Å². The van der Waals surface area contributed by atoms with Crippen LogP contribution < -0.4 is 0 Å². The first-order valence-corrected chi connectivity index (χ1v) is 11.1. The SMILES string of the molecule is COC12CC3CC(C1)C(CC(=O)N1CC4CC[C@](C)(C1)C4(C)C)C(C3)C2. The molecule has 3 heteroatoms. The molecule has 1 aliphatic heterocycles. The molecule has 3 unspecified atom stereocenters. The number of hydrogen-bond acceptors (Lipinski definition) is 2. The molecule has 1 amide bonds. The van der Waals surface area contributed by atoms with Crippen molar-refractivity contribution in [1.82, 2.24) is 4.90 Å². The van der Waals surface area contributed by atoms with E-state index in [-0.39, 0.29) is 5.60 Å². The lowest BCUT2D eigenvalue weighted by Gasteiger charge is -2.59. The fraction of sp³-hybridized carbons (Fsp3) is 0.957. The van der Waals surface area contributed by atoms with E-state index in [1.54, 1.807) is 0 Å². The quantitative estimate of drug-likeness (QED) is 0.742. The van der Waals surface area contributed by atoms with Gasteiger partial charge in [-0.15, -0.1) is 0 Å². The van der Waals surface area contributed by atoms with Gasteiger partial charge in [-0.25, -0.2) is 0 Å². The monoisotopic (exact) mass is 359 g/mol. The van der Waals surface area contributed by atoms with Crippen LogP contribution in [0, 0.1) is 40.4 Å². The molecule has 5 saturated carbocycles. The third-order valence-electron chi connectivity index (χ3n) is 10.2. The van der Waals surface area contributed by atoms with E-state index in [4.69, 9.17) is 4.74 Å². The average Bonchev–Trinajstić information content (AvgIpc) is 2.73. The Kier molecular flexibility index (Phi) is 3.70. The van der Waals surface area contributed by atoms with Crippen LogP contribution in [0.25, 0.3) is 0 Å². The lowest BCUT2D eigenvalue weighted by molar-refractivity contribution is -0.175. The zero-order valence-electron chi connectivity index (χ0n) is 17.2. The van der Waals surface area contributed by atoms with E-state index in [9.17, 15) is 4.79 Å². The maximum Gasteiger partial charge on any atom is 0.222 e. The molecule has 26 heavy (non-hydrogen) atoms. The number of ether oxygens (including phenoxy) is 1. The number of hydrogen-bond donors (Lipinski definition) is 0. The summed E-state index contributed by atoms with van der Waals surface area (Å²) < 4.78 is 6.00. The van der Waals surface area contributed by atoms with Crippen molar-refractivity contribution in [3.63, 3.8) is 0 Å². The van der Waals surface area contributed by atoms with Gasteiger partial charge < -0.3 is 9.64 Å². The third kappa shape index (κ3) is 2.31. The first-order chi connectivity index (χ1) is 12.3. The number of amides is 1. The lowest BCUT2D eigenvalue weighted by atomic mass is 9.49.